The Bertz CT molecular complexity index is 718. The molecule has 1 aliphatic rings. The number of nitrogens with zero attached hydrogens (tertiary/aromatic N) is 2. The Morgan fingerprint density at radius 3 is 2.94 bits per heavy atom. The van der Waals surface area contributed by atoms with Crippen LogP contribution in [0.15, 0.2) is 24.5 Å². The fraction of sp³-hybridized carbons (Fsp3) is 0.333. The van der Waals surface area contributed by atoms with E-state index in [1.807, 2.05) is 0 Å². The van der Waals surface area contributed by atoms with E-state index in [1.54, 1.807) is 28.9 Å². The fourth-order valence-electron chi connectivity index (χ4n) is 2.37. The zero-order valence-electron chi connectivity index (χ0n) is 9.61. The first-order chi connectivity index (χ1) is 8.60. The molecule has 0 bridgehead atoms. The molecule has 3 rings (SSSR count). The van der Waals surface area contributed by atoms with Gasteiger partial charge in [-0.25, -0.2) is 13.4 Å². The van der Waals surface area contributed by atoms with Gasteiger partial charge in [-0.05, 0) is 25.0 Å². The summed E-state index contributed by atoms with van der Waals surface area (Å²) in [5.41, 5.74) is 1.72. The Morgan fingerprint density at radius 1 is 1.44 bits per heavy atom. The molecule has 1 atom stereocenters. The highest BCUT2D eigenvalue weighted by molar-refractivity contribution is 7.91. The van der Waals surface area contributed by atoms with E-state index in [-0.39, 0.29) is 5.75 Å². The minimum Gasteiger partial charge on any atom is -0.307 e. The third-order valence-corrected chi connectivity index (χ3v) is 5.50. The van der Waals surface area contributed by atoms with Crippen LogP contribution in [0.3, 0.4) is 0 Å². The molecule has 18 heavy (non-hydrogen) atoms. The van der Waals surface area contributed by atoms with Crippen LogP contribution in [0, 0.1) is 0 Å². The standard InChI is InChI=1S/C12H12N2O3S/c15-8-9-3-4-14-7-10(13-12(14)6-9)11-2-1-5-18(11,16)17/h3-4,6-8,11H,1-2,5H2. The second kappa shape index (κ2) is 3.91. The van der Waals surface area contributed by atoms with Crippen LogP contribution < -0.4 is 0 Å². The Balaban J connectivity index is 2.11. The number of hydrogen-bond acceptors (Lipinski definition) is 4. The van der Waals surface area contributed by atoms with Crippen molar-refractivity contribution in [1.82, 2.24) is 9.38 Å². The molecule has 1 saturated heterocycles. The number of carbonyl (C=O) groups excluding carboxylic acids is 1. The SMILES string of the molecule is O=Cc1ccn2cc(C3CCCS3(=O)=O)nc2c1. The molecule has 94 valence electrons. The summed E-state index contributed by atoms with van der Waals surface area (Å²) < 4.78 is 25.5. The first kappa shape index (κ1) is 11.4. The van der Waals surface area contributed by atoms with Gasteiger partial charge < -0.3 is 4.40 Å². The summed E-state index contributed by atoms with van der Waals surface area (Å²) in [6, 6.07) is 3.33. The van der Waals surface area contributed by atoms with E-state index in [9.17, 15) is 13.2 Å². The summed E-state index contributed by atoms with van der Waals surface area (Å²) >= 11 is 0. The Labute approximate surface area is 104 Å². The number of carbonyl (C=O) groups is 1. The Hall–Kier alpha value is -1.69. The van der Waals surface area contributed by atoms with Crippen LogP contribution in [0.25, 0.3) is 5.65 Å². The first-order valence-corrected chi connectivity index (χ1v) is 7.47. The Morgan fingerprint density at radius 2 is 2.28 bits per heavy atom. The quantitative estimate of drug-likeness (QED) is 0.769. The van der Waals surface area contributed by atoms with Crippen molar-refractivity contribution in [3.8, 4) is 0 Å². The normalized spacial score (nSPS) is 22.3. The lowest BCUT2D eigenvalue weighted by atomic mass is 10.2. The zero-order valence-corrected chi connectivity index (χ0v) is 10.4. The third-order valence-electron chi connectivity index (χ3n) is 3.30. The summed E-state index contributed by atoms with van der Waals surface area (Å²) in [6.07, 6.45) is 5.53. The fourth-order valence-corrected chi connectivity index (χ4v) is 4.23. The van der Waals surface area contributed by atoms with Crippen molar-refractivity contribution in [1.29, 1.82) is 0 Å². The molecule has 0 aliphatic carbocycles. The molecule has 0 radical (unpaired) electrons. The molecular formula is C12H12N2O3S. The van der Waals surface area contributed by atoms with Crippen molar-refractivity contribution in [2.75, 3.05) is 5.75 Å². The summed E-state index contributed by atoms with van der Waals surface area (Å²) in [4.78, 5) is 15.0. The van der Waals surface area contributed by atoms with Crippen LogP contribution in [0.1, 0.15) is 34.1 Å². The molecule has 0 amide bonds. The number of rotatable bonds is 2. The molecule has 0 aromatic carbocycles. The zero-order chi connectivity index (χ0) is 12.8. The van der Waals surface area contributed by atoms with Gasteiger partial charge in [-0.1, -0.05) is 0 Å². The molecule has 0 spiro atoms. The van der Waals surface area contributed by atoms with Gasteiger partial charge in [-0.3, -0.25) is 4.79 Å². The van der Waals surface area contributed by atoms with Crippen LogP contribution in [0.4, 0.5) is 0 Å². The monoisotopic (exact) mass is 264 g/mol. The number of aromatic nitrogens is 2. The molecule has 0 N–H and O–H groups in total. The number of fused-ring (bicyclic) bond motifs is 1. The van der Waals surface area contributed by atoms with Crippen LogP contribution in [0.5, 0.6) is 0 Å². The number of pyridine rings is 1. The van der Waals surface area contributed by atoms with Crippen molar-refractivity contribution < 1.29 is 13.2 Å². The molecule has 1 aliphatic heterocycles. The number of sulfone groups is 1. The summed E-state index contributed by atoms with van der Waals surface area (Å²) in [5.74, 6) is 0.241. The second-order valence-corrected chi connectivity index (χ2v) is 6.81. The lowest BCUT2D eigenvalue weighted by Gasteiger charge is -2.03. The number of hydrogen-bond donors (Lipinski definition) is 0. The highest BCUT2D eigenvalue weighted by atomic mass is 32.2. The molecular weight excluding hydrogens is 252 g/mol. The van der Waals surface area contributed by atoms with E-state index >= 15 is 0 Å². The predicted octanol–water partition coefficient (Wildman–Crippen LogP) is 1.40. The lowest BCUT2D eigenvalue weighted by Crippen LogP contribution is -2.08. The topological polar surface area (TPSA) is 68.5 Å². The molecule has 2 aromatic heterocycles. The molecule has 2 aromatic rings. The van der Waals surface area contributed by atoms with E-state index in [0.29, 0.717) is 29.7 Å². The summed E-state index contributed by atoms with van der Waals surface area (Å²) in [5, 5.41) is -0.489. The van der Waals surface area contributed by atoms with E-state index in [1.165, 1.54) is 0 Å². The van der Waals surface area contributed by atoms with Gasteiger partial charge in [0, 0.05) is 18.0 Å². The highest BCUT2D eigenvalue weighted by Gasteiger charge is 2.34. The second-order valence-electron chi connectivity index (χ2n) is 4.51. The summed E-state index contributed by atoms with van der Waals surface area (Å²) in [6.45, 7) is 0. The van der Waals surface area contributed by atoms with Crippen molar-refractivity contribution in [3.05, 3.63) is 35.8 Å². The number of imidazole rings is 1. The van der Waals surface area contributed by atoms with Crippen LogP contribution >= 0.6 is 0 Å². The van der Waals surface area contributed by atoms with E-state index in [0.717, 1.165) is 6.29 Å². The van der Waals surface area contributed by atoms with Gasteiger partial charge in [0.2, 0.25) is 0 Å². The summed E-state index contributed by atoms with van der Waals surface area (Å²) in [7, 11) is -3.05. The van der Waals surface area contributed by atoms with Gasteiger partial charge in [0.25, 0.3) is 0 Å². The molecule has 3 heterocycles. The Kier molecular flexibility index (Phi) is 2.48. The highest BCUT2D eigenvalue weighted by Crippen LogP contribution is 2.33. The van der Waals surface area contributed by atoms with Crippen molar-refractivity contribution >= 4 is 21.8 Å². The lowest BCUT2D eigenvalue weighted by molar-refractivity contribution is 0.112. The van der Waals surface area contributed by atoms with E-state index in [4.69, 9.17) is 0 Å². The largest absolute Gasteiger partial charge is 0.307 e. The van der Waals surface area contributed by atoms with Crippen molar-refractivity contribution in [2.45, 2.75) is 18.1 Å². The maximum atomic E-state index is 11.9. The van der Waals surface area contributed by atoms with Crippen LogP contribution in [0.2, 0.25) is 0 Å². The average molecular weight is 264 g/mol. The third kappa shape index (κ3) is 1.73. The van der Waals surface area contributed by atoms with E-state index in [2.05, 4.69) is 4.98 Å². The molecule has 6 heteroatoms. The van der Waals surface area contributed by atoms with Crippen molar-refractivity contribution in [2.24, 2.45) is 0 Å². The maximum absolute atomic E-state index is 11.9. The van der Waals surface area contributed by atoms with Crippen LogP contribution in [-0.2, 0) is 9.84 Å². The minimum absolute atomic E-state index is 0.241. The molecule has 0 saturated carbocycles. The molecule has 1 fully saturated rings. The minimum atomic E-state index is -3.05. The smallest absolute Gasteiger partial charge is 0.158 e. The average Bonchev–Trinajstić information content (AvgIpc) is 2.90. The van der Waals surface area contributed by atoms with Gasteiger partial charge in [-0.15, -0.1) is 0 Å². The van der Waals surface area contributed by atoms with Gasteiger partial charge in [0.05, 0.1) is 11.4 Å². The first-order valence-electron chi connectivity index (χ1n) is 5.75. The maximum Gasteiger partial charge on any atom is 0.158 e. The van der Waals surface area contributed by atoms with Crippen LogP contribution in [-0.4, -0.2) is 29.8 Å². The van der Waals surface area contributed by atoms with Gasteiger partial charge in [0.15, 0.2) is 9.84 Å². The van der Waals surface area contributed by atoms with Gasteiger partial charge >= 0.3 is 0 Å². The van der Waals surface area contributed by atoms with Gasteiger partial charge in [0.1, 0.15) is 17.2 Å². The van der Waals surface area contributed by atoms with E-state index < -0.39 is 15.1 Å². The molecule has 1 unspecified atom stereocenters. The van der Waals surface area contributed by atoms with Gasteiger partial charge in [-0.2, -0.15) is 0 Å². The van der Waals surface area contributed by atoms with Crippen molar-refractivity contribution in [3.63, 3.8) is 0 Å². The predicted molar refractivity (Wildman–Crippen MR) is 66.3 cm³/mol. The molecule has 5 nitrogen and oxygen atoms in total. The number of aldehydes is 1.